The summed E-state index contributed by atoms with van der Waals surface area (Å²) in [5.41, 5.74) is 0.665. The summed E-state index contributed by atoms with van der Waals surface area (Å²) in [5, 5.41) is 3.12. The van der Waals surface area contributed by atoms with E-state index in [2.05, 4.69) is 19.2 Å². The van der Waals surface area contributed by atoms with Gasteiger partial charge in [0, 0.05) is 11.8 Å². The molecule has 2 heterocycles. The molecule has 0 radical (unpaired) electrons. The molecule has 1 aliphatic heterocycles. The van der Waals surface area contributed by atoms with Crippen LogP contribution in [0.5, 0.6) is 0 Å². The topological polar surface area (TPSA) is 86.1 Å². The van der Waals surface area contributed by atoms with E-state index in [4.69, 9.17) is 9.47 Å². The molecule has 144 valence electrons. The number of thiophene rings is 1. The maximum Gasteiger partial charge on any atom is 0.348 e. The highest BCUT2D eigenvalue weighted by Gasteiger charge is 2.29. The van der Waals surface area contributed by atoms with E-state index in [1.807, 2.05) is 0 Å². The molecule has 2 rings (SSSR count). The first-order valence-electron chi connectivity index (χ1n) is 8.70. The van der Waals surface area contributed by atoms with Gasteiger partial charge in [-0.05, 0) is 18.9 Å². The van der Waals surface area contributed by atoms with Gasteiger partial charge in [0.25, 0.3) is 5.91 Å². The van der Waals surface area contributed by atoms with Crippen molar-refractivity contribution in [1.82, 2.24) is 0 Å². The first kappa shape index (κ1) is 20.4. The predicted octanol–water partition coefficient (Wildman–Crippen LogP) is 1.13. The number of rotatable bonds is 5. The number of quaternary nitrogens is 1. The number of nitrogens with one attached hydrogen (secondary N) is 2. The Morgan fingerprint density at radius 2 is 1.69 bits per heavy atom. The highest BCUT2D eigenvalue weighted by molar-refractivity contribution is 7.18. The van der Waals surface area contributed by atoms with Crippen molar-refractivity contribution in [1.29, 1.82) is 0 Å². The number of carbonyl (C=O) groups is 3. The van der Waals surface area contributed by atoms with Crippen LogP contribution in [0.25, 0.3) is 0 Å². The number of likely N-dealkylation sites (tertiary alicyclic amines) is 1. The molecule has 1 saturated heterocycles. The van der Waals surface area contributed by atoms with Crippen molar-refractivity contribution in [3.05, 3.63) is 16.0 Å². The molecule has 26 heavy (non-hydrogen) atoms. The molecule has 0 saturated carbocycles. The zero-order valence-corrected chi connectivity index (χ0v) is 16.7. The van der Waals surface area contributed by atoms with Gasteiger partial charge in [0.15, 0.2) is 6.54 Å². The zero-order valence-electron chi connectivity index (χ0n) is 15.9. The number of amides is 1. The first-order chi connectivity index (χ1) is 12.3. The van der Waals surface area contributed by atoms with Crippen LogP contribution in [0.3, 0.4) is 0 Å². The second-order valence-electron chi connectivity index (χ2n) is 7.07. The summed E-state index contributed by atoms with van der Waals surface area (Å²) < 4.78 is 9.55. The third-order valence-electron chi connectivity index (χ3n) is 4.65. The molecule has 1 fully saturated rings. The van der Waals surface area contributed by atoms with E-state index >= 15 is 0 Å². The van der Waals surface area contributed by atoms with E-state index in [9.17, 15) is 14.4 Å². The van der Waals surface area contributed by atoms with Crippen LogP contribution in [0, 0.1) is 18.8 Å². The number of esters is 2. The maximum absolute atomic E-state index is 12.5. The van der Waals surface area contributed by atoms with Gasteiger partial charge in [-0.3, -0.25) is 4.79 Å². The normalized spacial score (nSPS) is 22.6. The average Bonchev–Trinajstić information content (AvgIpc) is 2.88. The molecular formula is C18H27N2O5S+. The Bertz CT molecular complexity index is 690. The SMILES string of the molecule is COC(=O)c1sc(NC(=O)C[NH+]2C[C@H](C)C[C@H](C)C2)c(C(=O)OC)c1C. The van der Waals surface area contributed by atoms with Crippen LogP contribution in [0.15, 0.2) is 0 Å². The number of carbonyl (C=O) groups excluding carboxylic acids is 3. The zero-order chi connectivity index (χ0) is 19.4. The Morgan fingerprint density at radius 1 is 1.12 bits per heavy atom. The smallest absolute Gasteiger partial charge is 0.348 e. The molecule has 1 unspecified atom stereocenters. The van der Waals surface area contributed by atoms with Crippen molar-refractivity contribution in [2.75, 3.05) is 39.2 Å². The average molecular weight is 383 g/mol. The van der Waals surface area contributed by atoms with Gasteiger partial charge in [0.1, 0.15) is 9.88 Å². The molecule has 1 aromatic heterocycles. The molecule has 3 atom stereocenters. The van der Waals surface area contributed by atoms with Crippen LogP contribution in [0.4, 0.5) is 5.00 Å². The Morgan fingerprint density at radius 3 is 2.23 bits per heavy atom. The maximum atomic E-state index is 12.5. The molecule has 2 N–H and O–H groups in total. The van der Waals surface area contributed by atoms with Gasteiger partial charge in [-0.1, -0.05) is 13.8 Å². The van der Waals surface area contributed by atoms with Crippen LogP contribution >= 0.6 is 11.3 Å². The standard InChI is InChI=1S/C18H26N2O5S/c1-10-6-11(2)8-20(7-10)9-13(21)19-16-14(17(22)24-4)12(3)15(26-16)18(23)25-5/h10-11H,6-9H2,1-5H3,(H,19,21)/p+1/t10-,11+. The summed E-state index contributed by atoms with van der Waals surface area (Å²) in [7, 11) is 2.54. The molecule has 1 aliphatic rings. The van der Waals surface area contributed by atoms with E-state index in [1.54, 1.807) is 6.92 Å². The molecule has 1 amide bonds. The molecular weight excluding hydrogens is 356 g/mol. The van der Waals surface area contributed by atoms with Crippen molar-refractivity contribution in [2.45, 2.75) is 27.2 Å². The van der Waals surface area contributed by atoms with Crippen molar-refractivity contribution < 1.29 is 28.8 Å². The molecule has 7 nitrogen and oxygen atoms in total. The van der Waals surface area contributed by atoms with E-state index in [-0.39, 0.29) is 16.3 Å². The van der Waals surface area contributed by atoms with Gasteiger partial charge in [0.2, 0.25) is 0 Å². The number of hydrogen-bond acceptors (Lipinski definition) is 6. The quantitative estimate of drug-likeness (QED) is 0.745. The minimum absolute atomic E-state index is 0.177. The minimum Gasteiger partial charge on any atom is -0.465 e. The van der Waals surface area contributed by atoms with Gasteiger partial charge in [-0.25, -0.2) is 9.59 Å². The summed E-state index contributed by atoms with van der Waals surface area (Å²) in [6.07, 6.45) is 1.18. The summed E-state index contributed by atoms with van der Waals surface area (Å²) in [4.78, 5) is 38.1. The Labute approximate surface area is 157 Å². The second kappa shape index (κ2) is 8.64. The Hall–Kier alpha value is -1.93. The lowest BCUT2D eigenvalue weighted by molar-refractivity contribution is -0.904. The van der Waals surface area contributed by atoms with E-state index in [0.717, 1.165) is 24.4 Å². The van der Waals surface area contributed by atoms with Crippen molar-refractivity contribution in [3.8, 4) is 0 Å². The van der Waals surface area contributed by atoms with Crippen molar-refractivity contribution in [3.63, 3.8) is 0 Å². The van der Waals surface area contributed by atoms with Crippen molar-refractivity contribution >= 4 is 34.2 Å². The van der Waals surface area contributed by atoms with Gasteiger partial charge in [-0.2, -0.15) is 0 Å². The largest absolute Gasteiger partial charge is 0.465 e. The molecule has 0 aliphatic carbocycles. The lowest BCUT2D eigenvalue weighted by Gasteiger charge is -2.31. The van der Waals surface area contributed by atoms with Crippen LogP contribution in [0.1, 0.15) is 45.9 Å². The predicted molar refractivity (Wildman–Crippen MR) is 98.9 cm³/mol. The number of anilines is 1. The Balaban J connectivity index is 2.18. The van der Waals surface area contributed by atoms with Crippen LogP contribution < -0.4 is 10.2 Å². The highest BCUT2D eigenvalue weighted by Crippen LogP contribution is 2.34. The Kier molecular flexibility index (Phi) is 6.77. The number of piperidine rings is 1. The number of methoxy groups -OCH3 is 2. The van der Waals surface area contributed by atoms with E-state index < -0.39 is 11.9 Å². The number of ether oxygens (including phenoxy) is 2. The molecule has 0 aromatic carbocycles. The van der Waals surface area contributed by atoms with Gasteiger partial charge < -0.3 is 19.7 Å². The summed E-state index contributed by atoms with van der Waals surface area (Å²) in [6.45, 7) is 8.29. The fourth-order valence-electron chi connectivity index (χ4n) is 3.70. The highest BCUT2D eigenvalue weighted by atomic mass is 32.1. The van der Waals surface area contributed by atoms with Crippen LogP contribution in [-0.2, 0) is 14.3 Å². The van der Waals surface area contributed by atoms with Gasteiger partial charge in [-0.15, -0.1) is 11.3 Å². The van der Waals surface area contributed by atoms with Crippen LogP contribution in [-0.4, -0.2) is 51.7 Å². The summed E-state index contributed by atoms with van der Waals surface area (Å²) in [6, 6.07) is 0. The van der Waals surface area contributed by atoms with Crippen LogP contribution in [0.2, 0.25) is 0 Å². The lowest BCUT2D eigenvalue weighted by atomic mass is 9.92. The third kappa shape index (κ3) is 4.62. The lowest BCUT2D eigenvalue weighted by Crippen LogP contribution is -3.15. The fraction of sp³-hybridized carbons (Fsp3) is 0.611. The van der Waals surface area contributed by atoms with Gasteiger partial charge >= 0.3 is 11.9 Å². The fourth-order valence-corrected chi connectivity index (χ4v) is 4.83. The first-order valence-corrected chi connectivity index (χ1v) is 9.51. The van der Waals surface area contributed by atoms with Gasteiger partial charge in [0.05, 0.1) is 32.9 Å². The molecule has 0 bridgehead atoms. The second-order valence-corrected chi connectivity index (χ2v) is 8.09. The van der Waals surface area contributed by atoms with E-state index in [0.29, 0.717) is 28.9 Å². The summed E-state index contributed by atoms with van der Waals surface area (Å²) in [5.74, 6) is -0.132. The van der Waals surface area contributed by atoms with E-state index in [1.165, 1.54) is 25.5 Å². The molecule has 1 aromatic rings. The monoisotopic (exact) mass is 383 g/mol. The minimum atomic E-state index is -0.586. The molecule has 8 heteroatoms. The summed E-state index contributed by atoms with van der Waals surface area (Å²) >= 11 is 1.04. The third-order valence-corrected chi connectivity index (χ3v) is 5.84. The molecule has 0 spiro atoms. The number of hydrogen-bond donors (Lipinski definition) is 2. The van der Waals surface area contributed by atoms with Crippen molar-refractivity contribution in [2.24, 2.45) is 11.8 Å².